The Hall–Kier alpha value is -2.61. The molecule has 0 unspecified atom stereocenters. The number of amides is 3. The molecule has 1 aromatic carbocycles. The summed E-state index contributed by atoms with van der Waals surface area (Å²) in [6, 6.07) is 9.02. The summed E-state index contributed by atoms with van der Waals surface area (Å²) in [5.41, 5.74) is 0.959. The molecule has 0 bridgehead atoms. The normalized spacial score (nSPS) is 15.3. The molecule has 7 nitrogen and oxygen atoms in total. The average Bonchev–Trinajstić information content (AvgIpc) is 3.13. The molecule has 3 amide bonds. The van der Waals surface area contributed by atoms with E-state index in [0.717, 1.165) is 10.7 Å². The molecule has 8 heteroatoms. The van der Waals surface area contributed by atoms with Gasteiger partial charge in [0.15, 0.2) is 6.61 Å². The van der Waals surface area contributed by atoms with Gasteiger partial charge in [-0.3, -0.25) is 4.79 Å². The molecule has 3 rings (SSSR count). The van der Waals surface area contributed by atoms with E-state index in [1.807, 2.05) is 49.6 Å². The summed E-state index contributed by atoms with van der Waals surface area (Å²) >= 11 is 1.54. The molecule has 2 aromatic rings. The minimum Gasteiger partial charge on any atom is -0.484 e. The first kappa shape index (κ1) is 19.2. The predicted molar refractivity (Wildman–Crippen MR) is 104 cm³/mol. The van der Waals surface area contributed by atoms with Crippen molar-refractivity contribution < 1.29 is 14.3 Å². The zero-order valence-electron chi connectivity index (χ0n) is 15.6. The van der Waals surface area contributed by atoms with Crippen LogP contribution in [0.3, 0.4) is 0 Å². The number of urea groups is 1. The largest absolute Gasteiger partial charge is 0.484 e. The van der Waals surface area contributed by atoms with E-state index in [1.165, 1.54) is 0 Å². The smallest absolute Gasteiger partial charge is 0.318 e. The number of carbonyl (C=O) groups excluding carboxylic acids is 2. The van der Waals surface area contributed by atoms with Crippen LogP contribution in [0.2, 0.25) is 0 Å². The van der Waals surface area contributed by atoms with Crippen LogP contribution in [0, 0.1) is 6.92 Å². The highest BCUT2D eigenvalue weighted by atomic mass is 32.1. The minimum atomic E-state index is -0.130. The SMILES string of the molecule is Cc1csc([C@@H](C)NC(=O)N2CCN(C(=O)COc3ccccc3)CC2)n1. The zero-order valence-corrected chi connectivity index (χ0v) is 16.4. The number of nitrogens with one attached hydrogen (secondary N) is 1. The molecule has 1 aliphatic rings. The Kier molecular flexibility index (Phi) is 6.28. The third-order valence-corrected chi connectivity index (χ3v) is 5.52. The number of benzene rings is 1. The lowest BCUT2D eigenvalue weighted by molar-refractivity contribution is -0.134. The Morgan fingerprint density at radius 2 is 1.85 bits per heavy atom. The van der Waals surface area contributed by atoms with Crippen molar-refractivity contribution in [2.45, 2.75) is 19.9 Å². The van der Waals surface area contributed by atoms with Crippen molar-refractivity contribution in [1.82, 2.24) is 20.1 Å². The van der Waals surface area contributed by atoms with Gasteiger partial charge in [0.05, 0.1) is 6.04 Å². The van der Waals surface area contributed by atoms with Crippen LogP contribution in [0.25, 0.3) is 0 Å². The summed E-state index contributed by atoms with van der Waals surface area (Å²) < 4.78 is 5.51. The molecule has 144 valence electrons. The molecule has 1 fully saturated rings. The summed E-state index contributed by atoms with van der Waals surface area (Å²) in [5.74, 6) is 0.612. The molecule has 1 N–H and O–H groups in total. The molecule has 0 aliphatic carbocycles. The molecule has 1 atom stereocenters. The van der Waals surface area contributed by atoms with Gasteiger partial charge >= 0.3 is 6.03 Å². The van der Waals surface area contributed by atoms with E-state index < -0.39 is 0 Å². The molecule has 1 aliphatic heterocycles. The molecule has 2 heterocycles. The molecular formula is C19H24N4O3S. The van der Waals surface area contributed by atoms with E-state index >= 15 is 0 Å². The second-order valence-electron chi connectivity index (χ2n) is 6.47. The second-order valence-corrected chi connectivity index (χ2v) is 7.36. The standard InChI is InChI=1S/C19H24N4O3S/c1-14-13-27-18(20-14)15(2)21-19(25)23-10-8-22(9-11-23)17(24)12-26-16-6-4-3-5-7-16/h3-7,13,15H,8-12H2,1-2H3,(H,21,25)/t15-/m1/s1. The number of ether oxygens (including phenoxy) is 1. The van der Waals surface area contributed by atoms with Gasteiger partial charge in [-0.15, -0.1) is 11.3 Å². The maximum atomic E-state index is 12.4. The Morgan fingerprint density at radius 1 is 1.19 bits per heavy atom. The minimum absolute atomic E-state index is 0.0106. The van der Waals surface area contributed by atoms with Gasteiger partial charge in [0.2, 0.25) is 0 Å². The van der Waals surface area contributed by atoms with E-state index in [9.17, 15) is 9.59 Å². The highest BCUT2D eigenvalue weighted by molar-refractivity contribution is 7.09. The lowest BCUT2D eigenvalue weighted by Crippen LogP contribution is -2.54. The first-order valence-corrected chi connectivity index (χ1v) is 9.84. The molecule has 0 saturated carbocycles. The first-order valence-electron chi connectivity index (χ1n) is 8.96. The van der Waals surface area contributed by atoms with Crippen LogP contribution < -0.4 is 10.1 Å². The van der Waals surface area contributed by atoms with Crippen molar-refractivity contribution in [3.63, 3.8) is 0 Å². The van der Waals surface area contributed by atoms with Gasteiger partial charge in [-0.25, -0.2) is 9.78 Å². The number of rotatable bonds is 5. The maximum Gasteiger partial charge on any atom is 0.318 e. The van der Waals surface area contributed by atoms with Gasteiger partial charge in [0, 0.05) is 37.3 Å². The quantitative estimate of drug-likeness (QED) is 0.854. The van der Waals surface area contributed by atoms with Crippen molar-refractivity contribution >= 4 is 23.3 Å². The number of para-hydroxylation sites is 1. The number of carbonyl (C=O) groups is 2. The summed E-state index contributed by atoms with van der Waals surface area (Å²) in [7, 11) is 0. The first-order chi connectivity index (χ1) is 13.0. The maximum absolute atomic E-state index is 12.4. The fourth-order valence-corrected chi connectivity index (χ4v) is 3.63. The Labute approximate surface area is 162 Å². The monoisotopic (exact) mass is 388 g/mol. The van der Waals surface area contributed by atoms with E-state index in [0.29, 0.717) is 31.9 Å². The molecule has 27 heavy (non-hydrogen) atoms. The number of piperazine rings is 1. The number of hydrogen-bond donors (Lipinski definition) is 1. The third-order valence-electron chi connectivity index (χ3n) is 4.37. The van der Waals surface area contributed by atoms with E-state index in [2.05, 4.69) is 10.3 Å². The van der Waals surface area contributed by atoms with Crippen molar-refractivity contribution in [1.29, 1.82) is 0 Å². The van der Waals surface area contributed by atoms with Crippen molar-refractivity contribution in [2.75, 3.05) is 32.8 Å². The Morgan fingerprint density at radius 3 is 2.48 bits per heavy atom. The predicted octanol–water partition coefficient (Wildman–Crippen LogP) is 2.45. The van der Waals surface area contributed by atoms with Gasteiger partial charge in [-0.1, -0.05) is 18.2 Å². The van der Waals surface area contributed by atoms with Crippen molar-refractivity contribution in [2.24, 2.45) is 0 Å². The van der Waals surface area contributed by atoms with Gasteiger partial charge in [-0.05, 0) is 26.0 Å². The Bertz CT molecular complexity index is 772. The van der Waals surface area contributed by atoms with E-state index in [1.54, 1.807) is 21.1 Å². The summed E-state index contributed by atoms with van der Waals surface area (Å²) in [6.07, 6.45) is 0. The fraction of sp³-hybridized carbons (Fsp3) is 0.421. The highest BCUT2D eigenvalue weighted by Crippen LogP contribution is 2.18. The Balaban J connectivity index is 1.42. The van der Waals surface area contributed by atoms with Crippen LogP contribution in [-0.2, 0) is 4.79 Å². The van der Waals surface area contributed by atoms with E-state index in [-0.39, 0.29) is 24.6 Å². The number of aryl methyl sites for hydroxylation is 1. The zero-order chi connectivity index (χ0) is 19.2. The van der Waals surface area contributed by atoms with Crippen LogP contribution >= 0.6 is 11.3 Å². The van der Waals surface area contributed by atoms with Crippen LogP contribution in [-0.4, -0.2) is 59.5 Å². The lowest BCUT2D eigenvalue weighted by atomic mass is 10.3. The summed E-state index contributed by atoms with van der Waals surface area (Å²) in [4.78, 5) is 32.6. The number of thiazole rings is 1. The number of hydrogen-bond acceptors (Lipinski definition) is 5. The van der Waals surface area contributed by atoms with Crippen molar-refractivity contribution in [3.8, 4) is 5.75 Å². The molecular weight excluding hydrogens is 364 g/mol. The van der Waals surface area contributed by atoms with Gasteiger partial charge in [0.25, 0.3) is 5.91 Å². The molecule has 0 spiro atoms. The van der Waals surface area contributed by atoms with Crippen LogP contribution in [0.4, 0.5) is 4.79 Å². The third kappa shape index (κ3) is 5.19. The van der Waals surface area contributed by atoms with Crippen molar-refractivity contribution in [3.05, 3.63) is 46.4 Å². The van der Waals surface area contributed by atoms with Crippen LogP contribution in [0.5, 0.6) is 5.75 Å². The topological polar surface area (TPSA) is 74.8 Å². The van der Waals surface area contributed by atoms with Gasteiger partial charge in [-0.2, -0.15) is 0 Å². The number of nitrogens with zero attached hydrogens (tertiary/aromatic N) is 3. The summed E-state index contributed by atoms with van der Waals surface area (Å²) in [6.45, 7) is 5.91. The lowest BCUT2D eigenvalue weighted by Gasteiger charge is -2.35. The van der Waals surface area contributed by atoms with Gasteiger partial charge in [0.1, 0.15) is 10.8 Å². The van der Waals surface area contributed by atoms with Gasteiger partial charge < -0.3 is 19.9 Å². The van der Waals surface area contributed by atoms with Crippen LogP contribution in [0.1, 0.15) is 23.7 Å². The van der Waals surface area contributed by atoms with Crippen LogP contribution in [0.15, 0.2) is 35.7 Å². The average molecular weight is 388 g/mol. The highest BCUT2D eigenvalue weighted by Gasteiger charge is 2.25. The molecule has 1 aromatic heterocycles. The molecule has 0 radical (unpaired) electrons. The van der Waals surface area contributed by atoms with E-state index in [4.69, 9.17) is 4.74 Å². The molecule has 1 saturated heterocycles. The summed E-state index contributed by atoms with van der Waals surface area (Å²) in [5, 5.41) is 5.84. The second kappa shape index (κ2) is 8.85. The number of aromatic nitrogens is 1. The fourth-order valence-electron chi connectivity index (χ4n) is 2.82.